The first kappa shape index (κ1) is 24.4. The average molecular weight is 522 g/mol. The van der Waals surface area contributed by atoms with Gasteiger partial charge in [-0.05, 0) is 51.0 Å². The number of fused-ring (bicyclic) bond motifs is 1. The van der Waals surface area contributed by atoms with Crippen molar-refractivity contribution in [3.05, 3.63) is 35.0 Å². The number of H-pyrrole nitrogens is 1. The fourth-order valence-corrected chi connectivity index (χ4v) is 2.73. The van der Waals surface area contributed by atoms with Gasteiger partial charge in [0.2, 0.25) is 0 Å². The molecule has 2 rings (SSSR count). The van der Waals surface area contributed by atoms with E-state index in [9.17, 15) is 4.79 Å². The number of guanidine groups is 1. The van der Waals surface area contributed by atoms with Crippen LogP contribution < -0.4 is 16.0 Å². The molecule has 4 N–H and O–H groups in total. The fourth-order valence-electron chi connectivity index (χ4n) is 2.55. The highest BCUT2D eigenvalue weighted by Crippen LogP contribution is 2.22. The summed E-state index contributed by atoms with van der Waals surface area (Å²) in [5.41, 5.74) is 1.77. The maximum Gasteiger partial charge on any atom is 0.407 e. The third-order valence-electron chi connectivity index (χ3n) is 3.73. The number of carbonyl (C=O) groups is 1. The van der Waals surface area contributed by atoms with Crippen LogP contribution in [0.15, 0.2) is 29.4 Å². The molecule has 0 saturated carbocycles. The monoisotopic (exact) mass is 521 g/mol. The minimum Gasteiger partial charge on any atom is -0.444 e. The molecule has 0 aliphatic rings. The van der Waals surface area contributed by atoms with Crippen LogP contribution in [-0.2, 0) is 11.2 Å². The molecule has 2 aromatic rings. The molecule has 156 valence electrons. The minimum absolute atomic E-state index is 0. The fraction of sp³-hybridized carbons (Fsp3) is 0.474. The zero-order chi connectivity index (χ0) is 19.9. The third-order valence-corrected chi connectivity index (χ3v) is 3.96. The number of aliphatic imine (C=N–C) groups is 1. The van der Waals surface area contributed by atoms with E-state index in [1.54, 1.807) is 7.05 Å². The Balaban J connectivity index is 0.00000392. The molecule has 9 heteroatoms. The smallest absolute Gasteiger partial charge is 0.407 e. The first-order valence-electron chi connectivity index (χ1n) is 8.95. The van der Waals surface area contributed by atoms with Crippen molar-refractivity contribution in [2.45, 2.75) is 32.8 Å². The van der Waals surface area contributed by atoms with Gasteiger partial charge >= 0.3 is 6.09 Å². The van der Waals surface area contributed by atoms with Gasteiger partial charge in [0, 0.05) is 48.8 Å². The van der Waals surface area contributed by atoms with Gasteiger partial charge in [0.25, 0.3) is 0 Å². The van der Waals surface area contributed by atoms with Gasteiger partial charge in [-0.3, -0.25) is 4.99 Å². The van der Waals surface area contributed by atoms with Gasteiger partial charge in [0.05, 0.1) is 0 Å². The first-order chi connectivity index (χ1) is 12.8. The van der Waals surface area contributed by atoms with Crippen LogP contribution in [0, 0.1) is 0 Å². The van der Waals surface area contributed by atoms with Gasteiger partial charge < -0.3 is 25.7 Å². The number of benzene rings is 1. The normalized spacial score (nSPS) is 11.7. The molecule has 1 heterocycles. The van der Waals surface area contributed by atoms with Gasteiger partial charge in [0.1, 0.15) is 5.60 Å². The van der Waals surface area contributed by atoms with Gasteiger partial charge in [-0.25, -0.2) is 4.79 Å². The van der Waals surface area contributed by atoms with Crippen LogP contribution in [-0.4, -0.2) is 49.3 Å². The second kappa shape index (κ2) is 11.4. The molecule has 0 radical (unpaired) electrons. The Morgan fingerprint density at radius 2 is 1.86 bits per heavy atom. The molecule has 0 saturated heterocycles. The zero-order valence-corrected chi connectivity index (χ0v) is 19.8. The molecule has 0 aliphatic heterocycles. The number of rotatable bonds is 6. The Morgan fingerprint density at radius 1 is 1.18 bits per heavy atom. The van der Waals surface area contributed by atoms with Crippen molar-refractivity contribution in [3.63, 3.8) is 0 Å². The molecule has 0 aliphatic carbocycles. The first-order valence-corrected chi connectivity index (χ1v) is 9.33. The van der Waals surface area contributed by atoms with Crippen molar-refractivity contribution >= 4 is 58.5 Å². The van der Waals surface area contributed by atoms with Crippen LogP contribution in [0.5, 0.6) is 0 Å². The number of alkyl carbamates (subject to hydrolysis) is 1. The quantitative estimate of drug-likeness (QED) is 0.202. The number of hydrogen-bond acceptors (Lipinski definition) is 3. The van der Waals surface area contributed by atoms with Crippen molar-refractivity contribution in [2.24, 2.45) is 4.99 Å². The molecule has 0 bridgehead atoms. The summed E-state index contributed by atoms with van der Waals surface area (Å²) in [4.78, 5) is 19.0. The van der Waals surface area contributed by atoms with Crippen molar-refractivity contribution in [2.75, 3.05) is 26.7 Å². The van der Waals surface area contributed by atoms with Crippen LogP contribution in [0.25, 0.3) is 10.9 Å². The standard InChI is InChI=1S/C19H28ClN5O2.HI/c1-19(2,3)27-18(26)24-10-9-23-17(21-4)22-8-7-13-12-25-16-6-5-14(20)11-15(13)16;/h5-6,11-12,25H,7-10H2,1-4H3,(H,24,26)(H2,21,22,23);1H. The Hall–Kier alpha value is -1.68. The van der Waals surface area contributed by atoms with Crippen LogP contribution in [0.3, 0.4) is 0 Å². The summed E-state index contributed by atoms with van der Waals surface area (Å²) in [6, 6.07) is 5.82. The SMILES string of the molecule is CN=C(NCCNC(=O)OC(C)(C)C)NCCc1c[nH]c2ccc(Cl)cc12.I. The largest absolute Gasteiger partial charge is 0.444 e. The molecule has 0 atom stereocenters. The number of nitrogens with zero attached hydrogens (tertiary/aromatic N) is 1. The summed E-state index contributed by atoms with van der Waals surface area (Å²) < 4.78 is 5.18. The third kappa shape index (κ3) is 8.14. The van der Waals surface area contributed by atoms with Crippen molar-refractivity contribution in [1.29, 1.82) is 0 Å². The molecule has 0 fully saturated rings. The number of aromatic nitrogens is 1. The van der Waals surface area contributed by atoms with Crippen LogP contribution >= 0.6 is 35.6 Å². The number of halogens is 2. The lowest BCUT2D eigenvalue weighted by molar-refractivity contribution is 0.0529. The van der Waals surface area contributed by atoms with Crippen LogP contribution in [0.4, 0.5) is 4.79 Å². The van der Waals surface area contributed by atoms with Gasteiger partial charge in [-0.1, -0.05) is 11.6 Å². The van der Waals surface area contributed by atoms with E-state index in [1.807, 2.05) is 45.2 Å². The van der Waals surface area contributed by atoms with E-state index in [2.05, 4.69) is 25.9 Å². The lowest BCUT2D eigenvalue weighted by Crippen LogP contribution is -2.42. The van der Waals surface area contributed by atoms with E-state index in [-0.39, 0.29) is 24.0 Å². The van der Waals surface area contributed by atoms with E-state index < -0.39 is 11.7 Å². The number of hydrogen-bond donors (Lipinski definition) is 4. The lowest BCUT2D eigenvalue weighted by atomic mass is 10.1. The number of aromatic amines is 1. The maximum atomic E-state index is 11.6. The van der Waals surface area contributed by atoms with E-state index in [1.165, 1.54) is 5.56 Å². The van der Waals surface area contributed by atoms with Crippen molar-refractivity contribution in [3.8, 4) is 0 Å². The number of ether oxygens (including phenoxy) is 1. The average Bonchev–Trinajstić information content (AvgIpc) is 2.97. The van der Waals surface area contributed by atoms with Crippen LogP contribution in [0.2, 0.25) is 5.02 Å². The second-order valence-electron chi connectivity index (χ2n) is 7.11. The molecule has 1 aromatic heterocycles. The molecule has 0 spiro atoms. The molecule has 1 amide bonds. The number of nitrogens with one attached hydrogen (secondary N) is 4. The molecule has 0 unspecified atom stereocenters. The zero-order valence-electron chi connectivity index (χ0n) is 16.7. The topological polar surface area (TPSA) is 90.5 Å². The Bertz CT molecular complexity index is 801. The summed E-state index contributed by atoms with van der Waals surface area (Å²) in [5.74, 6) is 0.680. The van der Waals surface area contributed by atoms with E-state index in [0.717, 1.165) is 28.9 Å². The Kier molecular flexibility index (Phi) is 9.88. The summed E-state index contributed by atoms with van der Waals surface area (Å²) in [5, 5.41) is 11.0. The summed E-state index contributed by atoms with van der Waals surface area (Å²) in [6.45, 7) is 7.20. The van der Waals surface area contributed by atoms with E-state index >= 15 is 0 Å². The molecule has 1 aromatic carbocycles. The summed E-state index contributed by atoms with van der Waals surface area (Å²) in [7, 11) is 1.71. The van der Waals surface area contributed by atoms with E-state index in [4.69, 9.17) is 16.3 Å². The van der Waals surface area contributed by atoms with Gasteiger partial charge in [-0.15, -0.1) is 24.0 Å². The maximum absolute atomic E-state index is 11.6. The highest BCUT2D eigenvalue weighted by atomic mass is 127. The summed E-state index contributed by atoms with van der Waals surface area (Å²) in [6.07, 6.45) is 2.41. The molecular weight excluding hydrogens is 493 g/mol. The number of amides is 1. The van der Waals surface area contributed by atoms with Gasteiger partial charge in [-0.2, -0.15) is 0 Å². The second-order valence-corrected chi connectivity index (χ2v) is 7.54. The molecular formula is C19H29ClIN5O2. The lowest BCUT2D eigenvalue weighted by Gasteiger charge is -2.19. The van der Waals surface area contributed by atoms with Crippen LogP contribution in [0.1, 0.15) is 26.3 Å². The Morgan fingerprint density at radius 3 is 2.54 bits per heavy atom. The predicted molar refractivity (Wildman–Crippen MR) is 126 cm³/mol. The molecule has 7 nitrogen and oxygen atoms in total. The van der Waals surface area contributed by atoms with Crippen molar-refractivity contribution < 1.29 is 9.53 Å². The summed E-state index contributed by atoms with van der Waals surface area (Å²) >= 11 is 6.09. The highest BCUT2D eigenvalue weighted by Gasteiger charge is 2.15. The minimum atomic E-state index is -0.498. The van der Waals surface area contributed by atoms with E-state index in [0.29, 0.717) is 19.0 Å². The molecule has 28 heavy (non-hydrogen) atoms. The van der Waals surface area contributed by atoms with Gasteiger partial charge in [0.15, 0.2) is 5.96 Å². The number of carbonyl (C=O) groups excluding carboxylic acids is 1. The highest BCUT2D eigenvalue weighted by molar-refractivity contribution is 14.0. The Labute approximate surface area is 188 Å². The van der Waals surface area contributed by atoms with Crippen molar-refractivity contribution in [1.82, 2.24) is 20.9 Å². The predicted octanol–water partition coefficient (Wildman–Crippen LogP) is 3.67.